The Hall–Kier alpha value is -0.160. The highest BCUT2D eigenvalue weighted by atomic mass is 16.7. The van der Waals surface area contributed by atoms with Gasteiger partial charge in [0.25, 0.3) is 0 Å². The maximum Gasteiger partial charge on any atom is 0.164 e. The van der Waals surface area contributed by atoms with Crippen LogP contribution in [0.3, 0.4) is 0 Å². The fourth-order valence-electron chi connectivity index (χ4n) is 5.07. The van der Waals surface area contributed by atoms with Gasteiger partial charge in [0.05, 0.1) is 32.3 Å². The van der Waals surface area contributed by atoms with Gasteiger partial charge in [-0.15, -0.1) is 0 Å². The number of hydrogen-bond donors (Lipinski definition) is 0. The van der Waals surface area contributed by atoms with Gasteiger partial charge in [-0.05, 0) is 38.0 Å². The van der Waals surface area contributed by atoms with Crippen LogP contribution in [-0.2, 0) is 18.9 Å². The Morgan fingerprint density at radius 3 is 1.61 bits per heavy atom. The molecule has 3 aliphatic rings. The Morgan fingerprint density at radius 1 is 0.536 bits per heavy atom. The van der Waals surface area contributed by atoms with Crippen LogP contribution < -0.4 is 0 Å². The summed E-state index contributed by atoms with van der Waals surface area (Å²) < 4.78 is 24.3. The number of rotatable bonds is 10. The average molecular weight is 397 g/mol. The fraction of sp³-hybridized carbons (Fsp3) is 1.00. The lowest BCUT2D eigenvalue weighted by Crippen LogP contribution is -2.46. The molecule has 2 heterocycles. The first kappa shape index (κ1) is 22.5. The lowest BCUT2D eigenvalue weighted by molar-refractivity contribution is -0.291. The molecule has 0 radical (unpaired) electrons. The van der Waals surface area contributed by atoms with E-state index >= 15 is 0 Å². The fourth-order valence-corrected chi connectivity index (χ4v) is 5.07. The van der Waals surface area contributed by atoms with Crippen LogP contribution in [0.5, 0.6) is 0 Å². The molecule has 4 nitrogen and oxygen atoms in total. The van der Waals surface area contributed by atoms with Crippen molar-refractivity contribution >= 4 is 0 Å². The zero-order chi connectivity index (χ0) is 19.6. The molecule has 0 aromatic carbocycles. The van der Waals surface area contributed by atoms with Crippen molar-refractivity contribution in [2.45, 2.75) is 103 Å². The number of hydrogen-bond acceptors (Lipinski definition) is 4. The molecular weight excluding hydrogens is 352 g/mol. The average Bonchev–Trinajstić information content (AvgIpc) is 2.75. The van der Waals surface area contributed by atoms with Gasteiger partial charge in [0.15, 0.2) is 12.6 Å². The first-order valence-corrected chi connectivity index (χ1v) is 12.3. The van der Waals surface area contributed by atoms with Crippen LogP contribution in [0.2, 0.25) is 0 Å². The van der Waals surface area contributed by atoms with E-state index in [4.69, 9.17) is 18.9 Å². The molecule has 0 aromatic rings. The molecule has 4 heteroatoms. The second-order valence-corrected chi connectivity index (χ2v) is 9.47. The molecule has 164 valence electrons. The van der Waals surface area contributed by atoms with Gasteiger partial charge in [-0.3, -0.25) is 0 Å². The highest BCUT2D eigenvalue weighted by molar-refractivity contribution is 4.78. The molecule has 0 spiro atoms. The van der Waals surface area contributed by atoms with Gasteiger partial charge in [-0.25, -0.2) is 0 Å². The third-order valence-corrected chi connectivity index (χ3v) is 7.03. The van der Waals surface area contributed by atoms with E-state index in [0.717, 1.165) is 19.1 Å². The van der Waals surface area contributed by atoms with E-state index in [2.05, 4.69) is 13.8 Å². The minimum Gasteiger partial charge on any atom is -0.352 e. The van der Waals surface area contributed by atoms with Gasteiger partial charge in [-0.2, -0.15) is 0 Å². The molecule has 0 bridgehead atoms. The standard InChI is InChI=1S/C24H44O4/c1-3-5-7-9-19-11-13-21(14-12-19)23-27-17-22(18-28-23)24-25-15-20(16-26-24)10-8-6-4-2/h19-24H,3-18H2,1-2H3/t19-,20-,21-,22-,23-,24-. The summed E-state index contributed by atoms with van der Waals surface area (Å²) in [4.78, 5) is 0. The van der Waals surface area contributed by atoms with E-state index in [1.165, 1.54) is 77.0 Å². The zero-order valence-electron chi connectivity index (χ0n) is 18.4. The van der Waals surface area contributed by atoms with Crippen LogP contribution in [0, 0.1) is 23.7 Å². The van der Waals surface area contributed by atoms with Crippen LogP contribution in [0.1, 0.15) is 90.9 Å². The molecule has 0 amide bonds. The largest absolute Gasteiger partial charge is 0.352 e. The summed E-state index contributed by atoms with van der Waals surface area (Å²) in [5.74, 6) is 2.31. The summed E-state index contributed by atoms with van der Waals surface area (Å²) in [5.41, 5.74) is 0. The smallest absolute Gasteiger partial charge is 0.164 e. The molecule has 1 saturated carbocycles. The van der Waals surface area contributed by atoms with E-state index in [0.29, 0.717) is 25.0 Å². The number of unbranched alkanes of at least 4 members (excludes halogenated alkanes) is 4. The molecule has 2 saturated heterocycles. The van der Waals surface area contributed by atoms with E-state index in [-0.39, 0.29) is 18.5 Å². The predicted molar refractivity (Wildman–Crippen MR) is 112 cm³/mol. The first-order valence-electron chi connectivity index (χ1n) is 12.3. The zero-order valence-corrected chi connectivity index (χ0v) is 18.4. The Labute approximate surface area is 173 Å². The van der Waals surface area contributed by atoms with Crippen molar-refractivity contribution in [1.29, 1.82) is 0 Å². The van der Waals surface area contributed by atoms with Crippen molar-refractivity contribution in [1.82, 2.24) is 0 Å². The van der Waals surface area contributed by atoms with Gasteiger partial charge >= 0.3 is 0 Å². The predicted octanol–water partition coefficient (Wildman–Crippen LogP) is 5.93. The quantitative estimate of drug-likeness (QED) is 0.429. The molecule has 3 rings (SSSR count). The summed E-state index contributed by atoms with van der Waals surface area (Å²) >= 11 is 0. The van der Waals surface area contributed by atoms with Crippen molar-refractivity contribution in [3.05, 3.63) is 0 Å². The van der Waals surface area contributed by atoms with Crippen LogP contribution in [0.15, 0.2) is 0 Å². The van der Waals surface area contributed by atoms with Crippen LogP contribution >= 0.6 is 0 Å². The van der Waals surface area contributed by atoms with Gasteiger partial charge in [0, 0.05) is 11.8 Å². The van der Waals surface area contributed by atoms with Crippen LogP contribution in [-0.4, -0.2) is 39.0 Å². The Morgan fingerprint density at radius 2 is 1.04 bits per heavy atom. The second kappa shape index (κ2) is 12.5. The van der Waals surface area contributed by atoms with Crippen molar-refractivity contribution in [2.24, 2.45) is 23.7 Å². The molecule has 28 heavy (non-hydrogen) atoms. The molecule has 0 N–H and O–H groups in total. The minimum absolute atomic E-state index is 0.00164. The van der Waals surface area contributed by atoms with Gasteiger partial charge in [0.1, 0.15) is 0 Å². The Bertz CT molecular complexity index is 353. The summed E-state index contributed by atoms with van der Waals surface area (Å²) in [6, 6.07) is 0. The lowest BCUT2D eigenvalue weighted by atomic mass is 9.79. The molecule has 2 aliphatic heterocycles. The lowest BCUT2D eigenvalue weighted by Gasteiger charge is -2.40. The van der Waals surface area contributed by atoms with Crippen molar-refractivity contribution < 1.29 is 18.9 Å². The van der Waals surface area contributed by atoms with Crippen molar-refractivity contribution in [3.8, 4) is 0 Å². The van der Waals surface area contributed by atoms with E-state index in [1.807, 2.05) is 0 Å². The second-order valence-electron chi connectivity index (χ2n) is 9.47. The SMILES string of the molecule is CCCCC[C@H]1CC[C@H]([C@H]2OC[C@H]([C@H]3OC[C@H](CCCCC)CO3)CO2)CC1. The maximum atomic E-state index is 6.14. The molecular formula is C24H44O4. The van der Waals surface area contributed by atoms with Gasteiger partial charge in [-0.1, -0.05) is 58.8 Å². The van der Waals surface area contributed by atoms with Gasteiger partial charge < -0.3 is 18.9 Å². The topological polar surface area (TPSA) is 36.9 Å². The maximum absolute atomic E-state index is 6.14. The van der Waals surface area contributed by atoms with E-state index < -0.39 is 0 Å². The third-order valence-electron chi connectivity index (χ3n) is 7.03. The van der Waals surface area contributed by atoms with Crippen molar-refractivity contribution in [2.75, 3.05) is 26.4 Å². The van der Waals surface area contributed by atoms with E-state index in [1.54, 1.807) is 0 Å². The van der Waals surface area contributed by atoms with Crippen LogP contribution in [0.4, 0.5) is 0 Å². The molecule has 0 unspecified atom stereocenters. The van der Waals surface area contributed by atoms with Crippen LogP contribution in [0.25, 0.3) is 0 Å². The highest BCUT2D eigenvalue weighted by Gasteiger charge is 2.37. The summed E-state index contributed by atoms with van der Waals surface area (Å²) in [7, 11) is 0. The molecule has 3 fully saturated rings. The molecule has 0 atom stereocenters. The number of ether oxygens (including phenoxy) is 4. The van der Waals surface area contributed by atoms with Gasteiger partial charge in [0.2, 0.25) is 0 Å². The highest BCUT2D eigenvalue weighted by Crippen LogP contribution is 2.36. The third kappa shape index (κ3) is 6.97. The minimum atomic E-state index is -0.141. The van der Waals surface area contributed by atoms with Crippen molar-refractivity contribution in [3.63, 3.8) is 0 Å². The Balaban J connectivity index is 1.29. The summed E-state index contributed by atoms with van der Waals surface area (Å²) in [6.07, 6.45) is 15.7. The first-order chi connectivity index (χ1) is 13.8. The van der Waals surface area contributed by atoms with E-state index in [9.17, 15) is 0 Å². The molecule has 1 aliphatic carbocycles. The Kier molecular flexibility index (Phi) is 10.1. The monoisotopic (exact) mass is 396 g/mol. The normalized spacial score (nSPS) is 37.1. The molecule has 0 aromatic heterocycles. The summed E-state index contributed by atoms with van der Waals surface area (Å²) in [5, 5.41) is 0. The summed E-state index contributed by atoms with van der Waals surface area (Å²) in [6.45, 7) is 7.63.